The Morgan fingerprint density at radius 1 is 1.11 bits per heavy atom. The van der Waals surface area contributed by atoms with Gasteiger partial charge in [-0.15, -0.1) is 0 Å². The lowest BCUT2D eigenvalue weighted by Gasteiger charge is -2.09. The zero-order chi connectivity index (χ0) is 13.8. The molecule has 0 aliphatic rings. The molecule has 0 saturated carbocycles. The van der Waals surface area contributed by atoms with Crippen molar-refractivity contribution >= 4 is 12.1 Å². The molecule has 0 spiro atoms. The minimum absolute atomic E-state index is 0.0369. The van der Waals surface area contributed by atoms with Crippen molar-refractivity contribution in [1.82, 2.24) is 0 Å². The number of hydrogen-bond acceptors (Lipinski definition) is 3. The zero-order valence-electron chi connectivity index (χ0n) is 10.8. The molecular weight excluding hydrogens is 240 g/mol. The summed E-state index contributed by atoms with van der Waals surface area (Å²) in [6.07, 6.45) is 0.783. The van der Waals surface area contributed by atoms with Crippen molar-refractivity contribution in [1.29, 1.82) is 0 Å². The van der Waals surface area contributed by atoms with E-state index in [1.807, 2.05) is 18.2 Å². The standard InChI is InChI=1S/C16H14O3/c1-11(18)13-4-6-14(7-5-13)15-8-3-12(10-17)9-16(15)19-2/h3-10H,1-2H3. The molecule has 96 valence electrons. The summed E-state index contributed by atoms with van der Waals surface area (Å²) in [7, 11) is 1.57. The normalized spacial score (nSPS) is 10.0. The van der Waals surface area contributed by atoms with Gasteiger partial charge in [-0.3, -0.25) is 9.59 Å². The third kappa shape index (κ3) is 2.71. The summed E-state index contributed by atoms with van der Waals surface area (Å²) in [5.74, 6) is 0.676. The van der Waals surface area contributed by atoms with Crippen LogP contribution < -0.4 is 4.74 Å². The van der Waals surface area contributed by atoms with Crippen LogP contribution in [0.1, 0.15) is 27.6 Å². The number of aldehydes is 1. The van der Waals surface area contributed by atoms with Crippen LogP contribution >= 0.6 is 0 Å². The molecule has 3 nitrogen and oxygen atoms in total. The van der Waals surface area contributed by atoms with E-state index in [9.17, 15) is 9.59 Å². The average molecular weight is 254 g/mol. The summed E-state index contributed by atoms with van der Waals surface area (Å²) in [5.41, 5.74) is 3.08. The highest BCUT2D eigenvalue weighted by Crippen LogP contribution is 2.30. The van der Waals surface area contributed by atoms with Gasteiger partial charge in [-0.2, -0.15) is 0 Å². The largest absolute Gasteiger partial charge is 0.496 e. The van der Waals surface area contributed by atoms with Crippen molar-refractivity contribution in [2.45, 2.75) is 6.92 Å². The predicted molar refractivity (Wildman–Crippen MR) is 73.8 cm³/mol. The molecule has 0 heterocycles. The fraction of sp³-hybridized carbons (Fsp3) is 0.125. The number of hydrogen-bond donors (Lipinski definition) is 0. The smallest absolute Gasteiger partial charge is 0.159 e. The highest BCUT2D eigenvalue weighted by molar-refractivity contribution is 5.94. The van der Waals surface area contributed by atoms with Crippen LogP contribution in [0.25, 0.3) is 11.1 Å². The Morgan fingerprint density at radius 3 is 2.32 bits per heavy atom. The number of Topliss-reactive ketones (excluding diaryl/α,β-unsaturated/α-hetero) is 1. The number of ketones is 1. The maximum absolute atomic E-state index is 11.2. The number of benzene rings is 2. The molecule has 0 aliphatic heterocycles. The predicted octanol–water partition coefficient (Wildman–Crippen LogP) is 3.38. The summed E-state index contributed by atoms with van der Waals surface area (Å²) < 4.78 is 5.29. The minimum Gasteiger partial charge on any atom is -0.496 e. The topological polar surface area (TPSA) is 43.4 Å². The Bertz CT molecular complexity index is 612. The Balaban J connectivity index is 2.46. The molecule has 0 unspecified atom stereocenters. The van der Waals surface area contributed by atoms with Crippen molar-refractivity contribution in [2.75, 3.05) is 7.11 Å². The molecule has 0 aromatic heterocycles. The molecule has 0 bridgehead atoms. The maximum Gasteiger partial charge on any atom is 0.159 e. The van der Waals surface area contributed by atoms with Gasteiger partial charge in [0.1, 0.15) is 12.0 Å². The molecule has 2 aromatic carbocycles. The van der Waals surface area contributed by atoms with Crippen LogP contribution in [0.15, 0.2) is 42.5 Å². The van der Waals surface area contributed by atoms with E-state index in [1.54, 1.807) is 31.4 Å². The highest BCUT2D eigenvalue weighted by atomic mass is 16.5. The van der Waals surface area contributed by atoms with E-state index in [0.29, 0.717) is 16.9 Å². The van der Waals surface area contributed by atoms with E-state index in [-0.39, 0.29) is 5.78 Å². The summed E-state index contributed by atoms with van der Waals surface area (Å²) in [5, 5.41) is 0. The van der Waals surface area contributed by atoms with Crippen LogP contribution in [0.2, 0.25) is 0 Å². The van der Waals surface area contributed by atoms with Crippen molar-refractivity contribution in [2.24, 2.45) is 0 Å². The molecule has 0 radical (unpaired) electrons. The lowest BCUT2D eigenvalue weighted by molar-refractivity contribution is 0.101. The molecule has 2 rings (SSSR count). The van der Waals surface area contributed by atoms with Gasteiger partial charge in [0.2, 0.25) is 0 Å². The molecule has 0 fully saturated rings. The second-order valence-electron chi connectivity index (χ2n) is 4.21. The molecule has 2 aromatic rings. The quantitative estimate of drug-likeness (QED) is 0.620. The van der Waals surface area contributed by atoms with Gasteiger partial charge in [0.05, 0.1) is 7.11 Å². The van der Waals surface area contributed by atoms with E-state index >= 15 is 0 Å². The molecule has 0 amide bonds. The number of carbonyl (C=O) groups excluding carboxylic acids is 2. The molecular formula is C16H14O3. The second-order valence-corrected chi connectivity index (χ2v) is 4.21. The van der Waals surface area contributed by atoms with E-state index in [2.05, 4.69) is 0 Å². The lowest BCUT2D eigenvalue weighted by Crippen LogP contribution is -1.93. The first-order valence-corrected chi connectivity index (χ1v) is 5.90. The van der Waals surface area contributed by atoms with Gasteiger partial charge in [-0.25, -0.2) is 0 Å². The van der Waals surface area contributed by atoms with E-state index < -0.39 is 0 Å². The zero-order valence-corrected chi connectivity index (χ0v) is 10.8. The van der Waals surface area contributed by atoms with Crippen molar-refractivity contribution in [3.63, 3.8) is 0 Å². The van der Waals surface area contributed by atoms with Gasteiger partial charge in [0.25, 0.3) is 0 Å². The Morgan fingerprint density at radius 2 is 1.79 bits per heavy atom. The third-order valence-electron chi connectivity index (χ3n) is 2.96. The summed E-state index contributed by atoms with van der Waals surface area (Å²) in [4.78, 5) is 22.0. The summed E-state index contributed by atoms with van der Waals surface area (Å²) >= 11 is 0. The molecule has 3 heteroatoms. The first-order chi connectivity index (χ1) is 9.15. The number of rotatable bonds is 4. The number of carbonyl (C=O) groups is 2. The Hall–Kier alpha value is -2.42. The van der Waals surface area contributed by atoms with Crippen molar-refractivity contribution in [3.8, 4) is 16.9 Å². The van der Waals surface area contributed by atoms with Crippen LogP contribution in [-0.2, 0) is 0 Å². The van der Waals surface area contributed by atoms with Crippen LogP contribution in [0, 0.1) is 0 Å². The van der Waals surface area contributed by atoms with Gasteiger partial charge >= 0.3 is 0 Å². The minimum atomic E-state index is 0.0369. The van der Waals surface area contributed by atoms with Crippen LogP contribution in [0.5, 0.6) is 5.75 Å². The molecule has 0 N–H and O–H groups in total. The summed E-state index contributed by atoms with van der Waals surface area (Å²) in [6, 6.07) is 12.6. The number of ether oxygens (including phenoxy) is 1. The van der Waals surface area contributed by atoms with Gasteiger partial charge in [-0.05, 0) is 24.6 Å². The van der Waals surface area contributed by atoms with Crippen LogP contribution in [0.4, 0.5) is 0 Å². The fourth-order valence-corrected chi connectivity index (χ4v) is 1.90. The SMILES string of the molecule is COc1cc(C=O)ccc1-c1ccc(C(C)=O)cc1. The second kappa shape index (κ2) is 5.48. The fourth-order valence-electron chi connectivity index (χ4n) is 1.90. The Kier molecular flexibility index (Phi) is 3.76. The van der Waals surface area contributed by atoms with Gasteiger partial charge in [0, 0.05) is 16.7 Å². The van der Waals surface area contributed by atoms with E-state index in [1.165, 1.54) is 6.92 Å². The molecule has 19 heavy (non-hydrogen) atoms. The first-order valence-electron chi connectivity index (χ1n) is 5.90. The van der Waals surface area contributed by atoms with E-state index in [0.717, 1.165) is 17.4 Å². The number of methoxy groups -OCH3 is 1. The van der Waals surface area contributed by atoms with E-state index in [4.69, 9.17) is 4.74 Å². The monoisotopic (exact) mass is 254 g/mol. The molecule has 0 saturated heterocycles. The van der Waals surface area contributed by atoms with Crippen LogP contribution in [-0.4, -0.2) is 19.2 Å². The molecule has 0 atom stereocenters. The van der Waals surface area contributed by atoms with Crippen LogP contribution in [0.3, 0.4) is 0 Å². The first kappa shape index (κ1) is 13.0. The van der Waals surface area contributed by atoms with Crippen molar-refractivity contribution in [3.05, 3.63) is 53.6 Å². The van der Waals surface area contributed by atoms with Gasteiger partial charge < -0.3 is 4.74 Å². The maximum atomic E-state index is 11.2. The average Bonchev–Trinajstić information content (AvgIpc) is 2.46. The summed E-state index contributed by atoms with van der Waals surface area (Å²) in [6.45, 7) is 1.54. The molecule has 0 aliphatic carbocycles. The Labute approximate surface area is 111 Å². The lowest BCUT2D eigenvalue weighted by atomic mass is 10.0. The third-order valence-corrected chi connectivity index (χ3v) is 2.96. The highest BCUT2D eigenvalue weighted by Gasteiger charge is 2.07. The van der Waals surface area contributed by atoms with Gasteiger partial charge in [-0.1, -0.05) is 30.3 Å². The van der Waals surface area contributed by atoms with Gasteiger partial charge in [0.15, 0.2) is 5.78 Å². The van der Waals surface area contributed by atoms with Crippen molar-refractivity contribution < 1.29 is 14.3 Å².